The molecule has 7 nitrogen and oxygen atoms in total. The third-order valence-corrected chi connectivity index (χ3v) is 4.60. The maximum absolute atomic E-state index is 12.8. The number of carbonyl (C=O) groups excluding carboxylic acids is 1. The van der Waals surface area contributed by atoms with Gasteiger partial charge in [-0.05, 0) is 43.2 Å². The summed E-state index contributed by atoms with van der Waals surface area (Å²) in [5.74, 6) is -0.203. The summed E-state index contributed by atoms with van der Waals surface area (Å²) in [5, 5.41) is 7.61. The maximum atomic E-state index is 12.8. The van der Waals surface area contributed by atoms with Gasteiger partial charge >= 0.3 is 0 Å². The van der Waals surface area contributed by atoms with Crippen molar-refractivity contribution in [1.29, 1.82) is 0 Å². The predicted molar refractivity (Wildman–Crippen MR) is 103 cm³/mol. The van der Waals surface area contributed by atoms with E-state index in [4.69, 9.17) is 0 Å². The number of H-pyrrole nitrogens is 1. The standard InChI is InChI=1S/C20H17N5O2/c1-12-6-5-7-14(13(12)2)20(27)24-16-8-3-4-9-17(16)25-18-15(10-23-25)19(26)22-11-21-18/h3-11H,1-2H3,(H,24,27)(H,21,22,26). The fraction of sp³-hybridized carbons (Fsp3) is 0.100. The minimum Gasteiger partial charge on any atom is -0.320 e. The molecule has 1 amide bonds. The molecule has 0 atom stereocenters. The summed E-state index contributed by atoms with van der Waals surface area (Å²) in [5.41, 5.74) is 3.97. The lowest BCUT2D eigenvalue weighted by molar-refractivity contribution is 0.102. The molecule has 2 aromatic heterocycles. The predicted octanol–water partition coefficient (Wildman–Crippen LogP) is 2.98. The van der Waals surface area contributed by atoms with Gasteiger partial charge in [0.15, 0.2) is 5.65 Å². The van der Waals surface area contributed by atoms with E-state index in [9.17, 15) is 9.59 Å². The third kappa shape index (κ3) is 2.89. The summed E-state index contributed by atoms with van der Waals surface area (Å²) in [7, 11) is 0. The molecule has 134 valence electrons. The largest absolute Gasteiger partial charge is 0.320 e. The van der Waals surface area contributed by atoms with Crippen molar-refractivity contribution in [2.45, 2.75) is 13.8 Å². The van der Waals surface area contributed by atoms with Crippen molar-refractivity contribution in [3.8, 4) is 5.69 Å². The second-order valence-corrected chi connectivity index (χ2v) is 6.24. The van der Waals surface area contributed by atoms with Crippen molar-refractivity contribution < 1.29 is 4.79 Å². The van der Waals surface area contributed by atoms with Crippen molar-refractivity contribution in [2.24, 2.45) is 0 Å². The van der Waals surface area contributed by atoms with Gasteiger partial charge in [0.1, 0.15) is 5.39 Å². The Balaban J connectivity index is 1.78. The van der Waals surface area contributed by atoms with Crippen LogP contribution in [-0.2, 0) is 0 Å². The number of hydrogen-bond acceptors (Lipinski definition) is 4. The topological polar surface area (TPSA) is 92.7 Å². The number of aromatic amines is 1. The molecule has 0 unspecified atom stereocenters. The zero-order valence-electron chi connectivity index (χ0n) is 14.9. The Hall–Kier alpha value is -3.74. The average Bonchev–Trinajstić information content (AvgIpc) is 3.10. The number of benzene rings is 2. The highest BCUT2D eigenvalue weighted by Crippen LogP contribution is 2.23. The molecule has 2 aromatic carbocycles. The summed E-state index contributed by atoms with van der Waals surface area (Å²) in [6.45, 7) is 3.90. The van der Waals surface area contributed by atoms with Crippen LogP contribution in [0.4, 0.5) is 5.69 Å². The minimum atomic E-state index is -0.261. The molecule has 0 aliphatic rings. The maximum Gasteiger partial charge on any atom is 0.261 e. The molecule has 0 spiro atoms. The van der Waals surface area contributed by atoms with Crippen molar-refractivity contribution >= 4 is 22.6 Å². The van der Waals surface area contributed by atoms with Crippen molar-refractivity contribution in [3.63, 3.8) is 0 Å². The van der Waals surface area contributed by atoms with E-state index in [1.807, 2.05) is 44.2 Å². The quantitative estimate of drug-likeness (QED) is 0.588. The van der Waals surface area contributed by atoms with Gasteiger partial charge in [0, 0.05) is 5.56 Å². The van der Waals surface area contributed by atoms with Crippen LogP contribution in [0, 0.1) is 13.8 Å². The Morgan fingerprint density at radius 3 is 2.78 bits per heavy atom. The Morgan fingerprint density at radius 1 is 1.11 bits per heavy atom. The fourth-order valence-corrected chi connectivity index (χ4v) is 2.98. The summed E-state index contributed by atoms with van der Waals surface area (Å²) < 4.78 is 1.54. The van der Waals surface area contributed by atoms with Gasteiger partial charge in [-0.25, -0.2) is 9.67 Å². The van der Waals surface area contributed by atoms with Crippen LogP contribution in [0.1, 0.15) is 21.5 Å². The van der Waals surface area contributed by atoms with Crippen LogP contribution in [-0.4, -0.2) is 25.7 Å². The van der Waals surface area contributed by atoms with Crippen molar-refractivity contribution in [1.82, 2.24) is 19.7 Å². The summed E-state index contributed by atoms with van der Waals surface area (Å²) >= 11 is 0. The van der Waals surface area contributed by atoms with Gasteiger partial charge in [0.25, 0.3) is 11.5 Å². The summed E-state index contributed by atoms with van der Waals surface area (Å²) in [6.07, 6.45) is 2.80. The van der Waals surface area contributed by atoms with E-state index < -0.39 is 0 Å². The smallest absolute Gasteiger partial charge is 0.261 e. The first kappa shape index (κ1) is 16.7. The Kier molecular flexibility index (Phi) is 4.04. The SMILES string of the molecule is Cc1cccc(C(=O)Nc2ccccc2-n2ncc3c(=O)[nH]cnc32)c1C. The van der Waals surface area contributed by atoms with Gasteiger partial charge in [0.05, 0.1) is 23.9 Å². The number of nitrogens with one attached hydrogen (secondary N) is 2. The highest BCUT2D eigenvalue weighted by Gasteiger charge is 2.15. The number of fused-ring (bicyclic) bond motifs is 1. The molecule has 0 bridgehead atoms. The first-order valence-electron chi connectivity index (χ1n) is 8.44. The number of hydrogen-bond donors (Lipinski definition) is 2. The monoisotopic (exact) mass is 359 g/mol. The molecule has 0 fully saturated rings. The van der Waals surface area contributed by atoms with E-state index >= 15 is 0 Å². The van der Waals surface area contributed by atoms with Gasteiger partial charge in [-0.1, -0.05) is 24.3 Å². The van der Waals surface area contributed by atoms with Crippen LogP contribution < -0.4 is 10.9 Å². The normalized spacial score (nSPS) is 10.9. The van der Waals surface area contributed by atoms with Crippen LogP contribution in [0.2, 0.25) is 0 Å². The van der Waals surface area contributed by atoms with E-state index in [1.54, 1.807) is 16.8 Å². The fourth-order valence-electron chi connectivity index (χ4n) is 2.98. The van der Waals surface area contributed by atoms with Crippen LogP contribution >= 0.6 is 0 Å². The lowest BCUT2D eigenvalue weighted by Crippen LogP contribution is -2.16. The van der Waals surface area contributed by atoms with Crippen LogP contribution in [0.15, 0.2) is 59.8 Å². The molecule has 4 aromatic rings. The van der Waals surface area contributed by atoms with Gasteiger partial charge in [0.2, 0.25) is 0 Å². The molecular formula is C20H17N5O2. The molecule has 4 rings (SSSR count). The van der Waals surface area contributed by atoms with E-state index in [0.717, 1.165) is 11.1 Å². The number of nitrogens with zero attached hydrogens (tertiary/aromatic N) is 3. The molecule has 0 aliphatic heterocycles. The summed E-state index contributed by atoms with van der Waals surface area (Å²) in [4.78, 5) is 31.5. The van der Waals surface area contributed by atoms with Crippen molar-refractivity contribution in [2.75, 3.05) is 5.32 Å². The van der Waals surface area contributed by atoms with Crippen LogP contribution in [0.25, 0.3) is 16.7 Å². The van der Waals surface area contributed by atoms with Gasteiger partial charge < -0.3 is 10.3 Å². The number of aryl methyl sites for hydroxylation is 1. The lowest BCUT2D eigenvalue weighted by atomic mass is 10.0. The number of para-hydroxylation sites is 2. The molecule has 2 N–H and O–H groups in total. The molecule has 0 aliphatic carbocycles. The van der Waals surface area contributed by atoms with Crippen LogP contribution in [0.5, 0.6) is 0 Å². The third-order valence-electron chi connectivity index (χ3n) is 4.60. The molecule has 0 saturated carbocycles. The number of amides is 1. The zero-order valence-corrected chi connectivity index (χ0v) is 14.9. The lowest BCUT2D eigenvalue weighted by Gasteiger charge is -2.13. The number of anilines is 1. The molecule has 0 saturated heterocycles. The van der Waals surface area contributed by atoms with Gasteiger partial charge in [-0.2, -0.15) is 5.10 Å². The van der Waals surface area contributed by atoms with Gasteiger partial charge in [-0.3, -0.25) is 9.59 Å². The Bertz CT molecular complexity index is 1220. The molecule has 0 radical (unpaired) electrons. The van der Waals surface area contributed by atoms with E-state index in [1.165, 1.54) is 12.5 Å². The number of rotatable bonds is 3. The van der Waals surface area contributed by atoms with Gasteiger partial charge in [-0.15, -0.1) is 0 Å². The number of aromatic nitrogens is 4. The highest BCUT2D eigenvalue weighted by atomic mass is 16.1. The Morgan fingerprint density at radius 2 is 1.93 bits per heavy atom. The molecule has 7 heteroatoms. The molecular weight excluding hydrogens is 342 g/mol. The minimum absolute atomic E-state index is 0.203. The first-order chi connectivity index (χ1) is 13.1. The van der Waals surface area contributed by atoms with E-state index in [2.05, 4.69) is 20.4 Å². The molecule has 2 heterocycles. The zero-order chi connectivity index (χ0) is 19.0. The number of carbonyl (C=O) groups is 1. The van der Waals surface area contributed by atoms with E-state index in [-0.39, 0.29) is 11.5 Å². The van der Waals surface area contributed by atoms with Crippen LogP contribution in [0.3, 0.4) is 0 Å². The highest BCUT2D eigenvalue weighted by molar-refractivity contribution is 6.06. The second-order valence-electron chi connectivity index (χ2n) is 6.24. The Labute approximate surface area is 154 Å². The van der Waals surface area contributed by atoms with E-state index in [0.29, 0.717) is 28.0 Å². The van der Waals surface area contributed by atoms with Crippen molar-refractivity contribution in [3.05, 3.63) is 82.0 Å². The average molecular weight is 359 g/mol. The molecule has 27 heavy (non-hydrogen) atoms. The second kappa shape index (κ2) is 6.53. The summed E-state index contributed by atoms with van der Waals surface area (Å²) in [6, 6.07) is 12.9. The first-order valence-corrected chi connectivity index (χ1v) is 8.44.